The van der Waals surface area contributed by atoms with Gasteiger partial charge in [0.15, 0.2) is 5.96 Å². The highest BCUT2D eigenvalue weighted by molar-refractivity contribution is 14.0. The van der Waals surface area contributed by atoms with E-state index in [-0.39, 0.29) is 29.6 Å². The molecule has 2 aliphatic rings. The summed E-state index contributed by atoms with van der Waals surface area (Å²) in [4.78, 5) is 7.09. The normalized spacial score (nSPS) is 23.1. The summed E-state index contributed by atoms with van der Waals surface area (Å²) >= 11 is 0. The average molecular weight is 396 g/mol. The summed E-state index contributed by atoms with van der Waals surface area (Å²) in [5, 5.41) is 6.75. The summed E-state index contributed by atoms with van der Waals surface area (Å²) in [6.45, 7) is 12.0. The third-order valence-corrected chi connectivity index (χ3v) is 3.45. The van der Waals surface area contributed by atoms with Crippen LogP contribution in [-0.2, 0) is 4.74 Å². The fraction of sp³-hybridized carbons (Fsp3) is 0.929. The SMILES string of the molecule is CCNC(=NCCN1CCOC(C)(C)C1)NC1CC1.I. The van der Waals surface area contributed by atoms with Crippen LogP contribution >= 0.6 is 24.0 Å². The number of ether oxygens (including phenoxy) is 1. The molecule has 2 rings (SSSR count). The molecule has 1 saturated heterocycles. The fourth-order valence-corrected chi connectivity index (χ4v) is 2.35. The maximum atomic E-state index is 5.72. The largest absolute Gasteiger partial charge is 0.373 e. The standard InChI is InChI=1S/C14H28N4O.HI/c1-4-15-13(17-12-5-6-12)16-7-8-18-9-10-19-14(2,3)11-18;/h12H,4-11H2,1-3H3,(H2,15,16,17);1H. The predicted molar refractivity (Wildman–Crippen MR) is 94.0 cm³/mol. The number of nitrogens with one attached hydrogen (secondary N) is 2. The van der Waals surface area contributed by atoms with Crippen LogP contribution in [0.2, 0.25) is 0 Å². The topological polar surface area (TPSA) is 48.9 Å². The smallest absolute Gasteiger partial charge is 0.191 e. The zero-order chi connectivity index (χ0) is 13.7. The lowest BCUT2D eigenvalue weighted by Crippen LogP contribution is -2.49. The minimum Gasteiger partial charge on any atom is -0.373 e. The Balaban J connectivity index is 0.00000200. The molecule has 20 heavy (non-hydrogen) atoms. The maximum absolute atomic E-state index is 5.72. The molecule has 0 radical (unpaired) electrons. The van der Waals surface area contributed by atoms with Gasteiger partial charge in [0, 0.05) is 32.2 Å². The van der Waals surface area contributed by atoms with Crippen molar-refractivity contribution in [3.8, 4) is 0 Å². The number of nitrogens with zero attached hydrogens (tertiary/aromatic N) is 2. The fourth-order valence-electron chi connectivity index (χ4n) is 2.35. The number of hydrogen-bond acceptors (Lipinski definition) is 3. The molecule has 5 nitrogen and oxygen atoms in total. The first kappa shape index (κ1) is 18.0. The molecule has 2 N–H and O–H groups in total. The van der Waals surface area contributed by atoms with Crippen molar-refractivity contribution in [2.45, 2.75) is 45.3 Å². The summed E-state index contributed by atoms with van der Waals surface area (Å²) in [6, 6.07) is 0.653. The van der Waals surface area contributed by atoms with E-state index >= 15 is 0 Å². The van der Waals surface area contributed by atoms with Crippen molar-refractivity contribution >= 4 is 29.9 Å². The van der Waals surface area contributed by atoms with Crippen LogP contribution in [0.15, 0.2) is 4.99 Å². The van der Waals surface area contributed by atoms with Gasteiger partial charge in [-0.15, -0.1) is 24.0 Å². The molecule has 0 aromatic rings. The van der Waals surface area contributed by atoms with Crippen molar-refractivity contribution in [3.63, 3.8) is 0 Å². The van der Waals surface area contributed by atoms with Crippen molar-refractivity contribution in [2.75, 3.05) is 39.3 Å². The van der Waals surface area contributed by atoms with Gasteiger partial charge in [-0.2, -0.15) is 0 Å². The second-order valence-electron chi connectivity index (χ2n) is 6.06. The second-order valence-corrected chi connectivity index (χ2v) is 6.06. The average Bonchev–Trinajstić information content (AvgIpc) is 3.12. The molecule has 0 aromatic heterocycles. The summed E-state index contributed by atoms with van der Waals surface area (Å²) in [5.74, 6) is 0.970. The third-order valence-electron chi connectivity index (χ3n) is 3.45. The van der Waals surface area contributed by atoms with Crippen LogP contribution in [0.25, 0.3) is 0 Å². The van der Waals surface area contributed by atoms with Gasteiger partial charge in [0.05, 0.1) is 18.8 Å². The molecule has 0 amide bonds. The van der Waals surface area contributed by atoms with Crippen molar-refractivity contribution in [2.24, 2.45) is 4.99 Å². The first-order chi connectivity index (χ1) is 9.09. The highest BCUT2D eigenvalue weighted by atomic mass is 127. The van der Waals surface area contributed by atoms with Gasteiger partial charge in [0.25, 0.3) is 0 Å². The Morgan fingerprint density at radius 1 is 1.40 bits per heavy atom. The molecule has 1 aliphatic carbocycles. The third kappa shape index (κ3) is 6.58. The minimum absolute atomic E-state index is 0. The van der Waals surface area contributed by atoms with Gasteiger partial charge in [-0.3, -0.25) is 9.89 Å². The van der Waals surface area contributed by atoms with Crippen LogP contribution in [0.3, 0.4) is 0 Å². The zero-order valence-corrected chi connectivity index (χ0v) is 15.3. The van der Waals surface area contributed by atoms with E-state index in [0.717, 1.165) is 45.3 Å². The lowest BCUT2D eigenvalue weighted by molar-refractivity contribution is -0.0850. The highest BCUT2D eigenvalue weighted by Crippen LogP contribution is 2.18. The molecular formula is C14H29IN4O. The molecule has 1 saturated carbocycles. The van der Waals surface area contributed by atoms with Gasteiger partial charge in [-0.25, -0.2) is 0 Å². The van der Waals surface area contributed by atoms with E-state index in [4.69, 9.17) is 4.74 Å². The number of hydrogen-bond donors (Lipinski definition) is 2. The van der Waals surface area contributed by atoms with Crippen molar-refractivity contribution in [1.82, 2.24) is 15.5 Å². The lowest BCUT2D eigenvalue weighted by atomic mass is 10.1. The van der Waals surface area contributed by atoms with Gasteiger partial charge in [-0.1, -0.05) is 0 Å². The van der Waals surface area contributed by atoms with Crippen LogP contribution in [0.4, 0.5) is 0 Å². The summed E-state index contributed by atoms with van der Waals surface area (Å²) in [7, 11) is 0. The predicted octanol–water partition coefficient (Wildman–Crippen LogP) is 1.43. The Hall–Kier alpha value is -0.0800. The summed E-state index contributed by atoms with van der Waals surface area (Å²) in [5.41, 5.74) is -0.0152. The molecule has 0 unspecified atom stereocenters. The number of rotatable bonds is 5. The molecule has 1 heterocycles. The van der Waals surface area contributed by atoms with E-state index in [9.17, 15) is 0 Å². The van der Waals surface area contributed by atoms with Crippen LogP contribution < -0.4 is 10.6 Å². The molecule has 1 aliphatic heterocycles. The first-order valence-corrected chi connectivity index (χ1v) is 7.50. The number of morpholine rings is 1. The molecule has 0 aromatic carbocycles. The van der Waals surface area contributed by atoms with Crippen LogP contribution in [0.5, 0.6) is 0 Å². The summed E-state index contributed by atoms with van der Waals surface area (Å²) in [6.07, 6.45) is 2.56. The van der Waals surface area contributed by atoms with E-state index in [1.807, 2.05) is 0 Å². The summed E-state index contributed by atoms with van der Waals surface area (Å²) < 4.78 is 5.72. The quantitative estimate of drug-likeness (QED) is 0.420. The van der Waals surface area contributed by atoms with Crippen LogP contribution in [0.1, 0.15) is 33.6 Å². The van der Waals surface area contributed by atoms with Gasteiger partial charge in [-0.05, 0) is 33.6 Å². The lowest BCUT2D eigenvalue weighted by Gasteiger charge is -2.37. The van der Waals surface area contributed by atoms with Gasteiger partial charge < -0.3 is 15.4 Å². The molecule has 0 atom stereocenters. The number of guanidine groups is 1. The Morgan fingerprint density at radius 3 is 2.75 bits per heavy atom. The second kappa shape index (κ2) is 8.38. The maximum Gasteiger partial charge on any atom is 0.191 e. The van der Waals surface area contributed by atoms with E-state index < -0.39 is 0 Å². The molecular weight excluding hydrogens is 367 g/mol. The Kier molecular flexibility index (Phi) is 7.53. The monoisotopic (exact) mass is 396 g/mol. The van der Waals surface area contributed by atoms with Gasteiger partial charge >= 0.3 is 0 Å². The molecule has 6 heteroatoms. The zero-order valence-electron chi connectivity index (χ0n) is 12.9. The van der Waals surface area contributed by atoms with Crippen LogP contribution in [-0.4, -0.2) is 61.8 Å². The van der Waals surface area contributed by atoms with Crippen molar-refractivity contribution in [1.29, 1.82) is 0 Å². The van der Waals surface area contributed by atoms with E-state index in [0.29, 0.717) is 6.04 Å². The van der Waals surface area contributed by atoms with E-state index in [1.165, 1.54) is 12.8 Å². The highest BCUT2D eigenvalue weighted by Gasteiger charge is 2.26. The Bertz CT molecular complexity index is 318. The Labute approximate surface area is 139 Å². The van der Waals surface area contributed by atoms with Crippen molar-refractivity contribution < 1.29 is 4.74 Å². The van der Waals surface area contributed by atoms with E-state index in [1.54, 1.807) is 0 Å². The number of halogens is 1. The molecule has 0 spiro atoms. The Morgan fingerprint density at radius 2 is 2.15 bits per heavy atom. The van der Waals surface area contributed by atoms with Gasteiger partial charge in [0.2, 0.25) is 0 Å². The number of aliphatic imine (C=N–C) groups is 1. The first-order valence-electron chi connectivity index (χ1n) is 7.50. The minimum atomic E-state index is -0.0152. The van der Waals surface area contributed by atoms with Crippen molar-refractivity contribution in [3.05, 3.63) is 0 Å². The molecule has 0 bridgehead atoms. The van der Waals surface area contributed by atoms with Gasteiger partial charge in [0.1, 0.15) is 0 Å². The molecule has 2 fully saturated rings. The molecule has 118 valence electrons. The van der Waals surface area contributed by atoms with E-state index in [2.05, 4.69) is 41.3 Å². The van der Waals surface area contributed by atoms with Crippen LogP contribution in [0, 0.1) is 0 Å².